The van der Waals surface area contributed by atoms with Crippen LogP contribution in [0.2, 0.25) is 0 Å². The zero-order valence-corrected chi connectivity index (χ0v) is 12.9. The number of aryl methyl sites for hydroxylation is 1. The SMILES string of the molecule is CC1(C)CCCN(c2nc3c(s2)C(N)CCC3)CC1. The van der Waals surface area contributed by atoms with Crippen LogP contribution in [0.15, 0.2) is 0 Å². The van der Waals surface area contributed by atoms with Gasteiger partial charge in [0.2, 0.25) is 0 Å². The second-order valence-electron chi connectivity index (χ2n) is 6.81. The van der Waals surface area contributed by atoms with Gasteiger partial charge in [-0.25, -0.2) is 4.98 Å². The fraction of sp³-hybridized carbons (Fsp3) is 0.800. The molecule has 0 amide bonds. The third-order valence-electron chi connectivity index (χ3n) is 4.59. The summed E-state index contributed by atoms with van der Waals surface area (Å²) >= 11 is 1.85. The van der Waals surface area contributed by atoms with Crippen molar-refractivity contribution >= 4 is 16.5 Å². The van der Waals surface area contributed by atoms with Gasteiger partial charge in [-0.05, 0) is 43.9 Å². The molecule has 1 aromatic heterocycles. The molecule has 1 atom stereocenters. The van der Waals surface area contributed by atoms with Crippen LogP contribution >= 0.6 is 11.3 Å². The smallest absolute Gasteiger partial charge is 0.185 e. The first-order chi connectivity index (χ1) is 9.05. The highest BCUT2D eigenvalue weighted by Gasteiger charge is 2.27. The predicted molar refractivity (Wildman–Crippen MR) is 81.8 cm³/mol. The van der Waals surface area contributed by atoms with Crippen LogP contribution in [-0.2, 0) is 6.42 Å². The lowest BCUT2D eigenvalue weighted by molar-refractivity contribution is 0.325. The summed E-state index contributed by atoms with van der Waals surface area (Å²) in [6.07, 6.45) is 7.33. The van der Waals surface area contributed by atoms with E-state index in [4.69, 9.17) is 10.7 Å². The van der Waals surface area contributed by atoms with Crippen molar-refractivity contribution in [2.24, 2.45) is 11.1 Å². The average Bonchev–Trinajstić information content (AvgIpc) is 2.70. The van der Waals surface area contributed by atoms with Crippen LogP contribution in [0.3, 0.4) is 0 Å². The summed E-state index contributed by atoms with van der Waals surface area (Å²) < 4.78 is 0. The van der Waals surface area contributed by atoms with Crippen molar-refractivity contribution in [3.63, 3.8) is 0 Å². The minimum absolute atomic E-state index is 0.235. The normalized spacial score (nSPS) is 26.9. The fourth-order valence-electron chi connectivity index (χ4n) is 3.19. The molecule has 3 nitrogen and oxygen atoms in total. The van der Waals surface area contributed by atoms with E-state index in [1.807, 2.05) is 11.3 Å². The van der Waals surface area contributed by atoms with Crippen LogP contribution in [0.1, 0.15) is 62.6 Å². The molecule has 1 fully saturated rings. The maximum absolute atomic E-state index is 6.22. The maximum atomic E-state index is 6.22. The number of fused-ring (bicyclic) bond motifs is 1. The highest BCUT2D eigenvalue weighted by molar-refractivity contribution is 7.15. The van der Waals surface area contributed by atoms with Crippen LogP contribution in [-0.4, -0.2) is 18.1 Å². The van der Waals surface area contributed by atoms with E-state index in [1.54, 1.807) is 0 Å². The van der Waals surface area contributed by atoms with Crippen LogP contribution < -0.4 is 10.6 Å². The summed E-state index contributed by atoms with van der Waals surface area (Å²) in [5.41, 5.74) is 7.98. The largest absolute Gasteiger partial charge is 0.348 e. The van der Waals surface area contributed by atoms with Gasteiger partial charge in [-0.1, -0.05) is 25.2 Å². The number of nitrogens with zero attached hydrogens (tertiary/aromatic N) is 2. The molecule has 0 bridgehead atoms. The quantitative estimate of drug-likeness (QED) is 0.855. The molecule has 106 valence electrons. The second kappa shape index (κ2) is 5.06. The van der Waals surface area contributed by atoms with Gasteiger partial charge in [0.15, 0.2) is 5.13 Å². The Hall–Kier alpha value is -0.610. The molecule has 2 aliphatic rings. The van der Waals surface area contributed by atoms with E-state index < -0.39 is 0 Å². The molecule has 0 saturated carbocycles. The van der Waals surface area contributed by atoms with Crippen molar-refractivity contribution in [1.29, 1.82) is 0 Å². The molecule has 2 heterocycles. The van der Waals surface area contributed by atoms with Crippen molar-refractivity contribution < 1.29 is 0 Å². The number of anilines is 1. The minimum atomic E-state index is 0.235. The fourth-order valence-corrected chi connectivity index (χ4v) is 4.39. The van der Waals surface area contributed by atoms with Crippen molar-refractivity contribution in [2.75, 3.05) is 18.0 Å². The minimum Gasteiger partial charge on any atom is -0.348 e. The molecular weight excluding hydrogens is 254 g/mol. The van der Waals surface area contributed by atoms with E-state index in [2.05, 4.69) is 18.7 Å². The number of thiazole rings is 1. The molecule has 0 aromatic carbocycles. The van der Waals surface area contributed by atoms with Crippen molar-refractivity contribution in [3.05, 3.63) is 10.6 Å². The number of aromatic nitrogens is 1. The van der Waals surface area contributed by atoms with Gasteiger partial charge in [0.05, 0.1) is 5.69 Å². The maximum Gasteiger partial charge on any atom is 0.185 e. The van der Waals surface area contributed by atoms with E-state index in [0.717, 1.165) is 25.9 Å². The van der Waals surface area contributed by atoms with Crippen LogP contribution in [0, 0.1) is 5.41 Å². The Morgan fingerprint density at radius 3 is 2.89 bits per heavy atom. The van der Waals surface area contributed by atoms with E-state index in [-0.39, 0.29) is 6.04 Å². The standard InChI is InChI=1S/C15H25N3S/c1-15(2)7-4-9-18(10-8-15)14-17-12-6-3-5-11(16)13(12)19-14/h11H,3-10,16H2,1-2H3. The molecule has 19 heavy (non-hydrogen) atoms. The topological polar surface area (TPSA) is 42.2 Å². The summed E-state index contributed by atoms with van der Waals surface area (Å²) in [5.74, 6) is 0. The molecule has 1 aliphatic carbocycles. The van der Waals surface area contributed by atoms with Gasteiger partial charge in [-0.3, -0.25) is 0 Å². The molecule has 4 heteroatoms. The van der Waals surface area contributed by atoms with Crippen LogP contribution in [0.5, 0.6) is 0 Å². The molecule has 2 N–H and O–H groups in total. The van der Waals surface area contributed by atoms with Crippen molar-refractivity contribution in [1.82, 2.24) is 4.98 Å². The van der Waals surface area contributed by atoms with Gasteiger partial charge >= 0.3 is 0 Å². The molecule has 1 aliphatic heterocycles. The van der Waals surface area contributed by atoms with E-state index in [1.165, 1.54) is 41.4 Å². The monoisotopic (exact) mass is 279 g/mol. The third-order valence-corrected chi connectivity index (χ3v) is 5.88. The zero-order chi connectivity index (χ0) is 13.5. The van der Waals surface area contributed by atoms with Gasteiger partial charge in [0, 0.05) is 24.0 Å². The highest BCUT2D eigenvalue weighted by Crippen LogP contribution is 2.38. The van der Waals surface area contributed by atoms with Gasteiger partial charge in [-0.15, -0.1) is 0 Å². The number of hydrogen-bond acceptors (Lipinski definition) is 4. The van der Waals surface area contributed by atoms with E-state index in [9.17, 15) is 0 Å². The lowest BCUT2D eigenvalue weighted by atomic mass is 9.85. The van der Waals surface area contributed by atoms with E-state index in [0.29, 0.717) is 5.41 Å². The summed E-state index contributed by atoms with van der Waals surface area (Å²) in [6.45, 7) is 7.08. The summed E-state index contributed by atoms with van der Waals surface area (Å²) in [4.78, 5) is 8.72. The Labute approximate surface area is 120 Å². The Bertz CT molecular complexity index is 452. The summed E-state index contributed by atoms with van der Waals surface area (Å²) in [7, 11) is 0. The van der Waals surface area contributed by atoms with Crippen LogP contribution in [0.4, 0.5) is 5.13 Å². The van der Waals surface area contributed by atoms with Gasteiger partial charge < -0.3 is 10.6 Å². The van der Waals surface area contributed by atoms with Crippen LogP contribution in [0.25, 0.3) is 0 Å². The lowest BCUT2D eigenvalue weighted by Gasteiger charge is -2.22. The third kappa shape index (κ3) is 2.79. The Morgan fingerprint density at radius 2 is 2.11 bits per heavy atom. The summed E-state index contributed by atoms with van der Waals surface area (Å²) in [6, 6.07) is 0.235. The first kappa shape index (κ1) is 13.4. The number of rotatable bonds is 1. The predicted octanol–water partition coefficient (Wildman–Crippen LogP) is 3.50. The molecule has 1 saturated heterocycles. The lowest BCUT2D eigenvalue weighted by Crippen LogP contribution is -2.24. The first-order valence-corrected chi connectivity index (χ1v) is 8.37. The first-order valence-electron chi connectivity index (χ1n) is 7.55. The summed E-state index contributed by atoms with van der Waals surface area (Å²) in [5, 5.41) is 1.22. The van der Waals surface area contributed by atoms with Gasteiger partial charge in [0.25, 0.3) is 0 Å². The Balaban J connectivity index is 1.79. The Kier molecular flexibility index (Phi) is 3.56. The highest BCUT2D eigenvalue weighted by atomic mass is 32.1. The Morgan fingerprint density at radius 1 is 1.26 bits per heavy atom. The van der Waals surface area contributed by atoms with Gasteiger partial charge in [0.1, 0.15) is 0 Å². The second-order valence-corrected chi connectivity index (χ2v) is 7.82. The zero-order valence-electron chi connectivity index (χ0n) is 12.1. The average molecular weight is 279 g/mol. The number of nitrogens with two attached hydrogens (primary N) is 1. The molecule has 0 radical (unpaired) electrons. The molecule has 0 spiro atoms. The van der Waals surface area contributed by atoms with Gasteiger partial charge in [-0.2, -0.15) is 0 Å². The molecule has 1 unspecified atom stereocenters. The molecule has 3 rings (SSSR count). The number of hydrogen-bond donors (Lipinski definition) is 1. The van der Waals surface area contributed by atoms with Crippen molar-refractivity contribution in [2.45, 2.75) is 58.4 Å². The molecule has 1 aromatic rings. The molecular formula is C15H25N3S. The van der Waals surface area contributed by atoms with Crippen molar-refractivity contribution in [3.8, 4) is 0 Å². The van der Waals surface area contributed by atoms with E-state index >= 15 is 0 Å².